The van der Waals surface area contributed by atoms with Crippen molar-refractivity contribution in [1.29, 1.82) is 0 Å². The fourth-order valence-electron chi connectivity index (χ4n) is 13.5. The normalized spacial score (nSPS) is 18.0. The third kappa shape index (κ3) is 14.8. The van der Waals surface area contributed by atoms with Crippen LogP contribution in [0.25, 0.3) is 66.8 Å². The van der Waals surface area contributed by atoms with Crippen LogP contribution in [0.2, 0.25) is 0 Å². The second-order valence-corrected chi connectivity index (χ2v) is 26.1. The van der Waals surface area contributed by atoms with Gasteiger partial charge in [0.2, 0.25) is 10.7 Å². The second kappa shape index (κ2) is 28.4. The molecule has 0 spiro atoms. The summed E-state index contributed by atoms with van der Waals surface area (Å²) in [5, 5.41) is 9.36. The van der Waals surface area contributed by atoms with Gasteiger partial charge in [0.15, 0.2) is 26.3 Å². The highest BCUT2D eigenvalue weighted by Gasteiger charge is 2.31. The van der Waals surface area contributed by atoms with E-state index in [0.717, 1.165) is 106 Å². The number of carbonyl (C=O) groups excluding carboxylic acids is 2. The van der Waals surface area contributed by atoms with Crippen LogP contribution in [-0.4, -0.2) is 116 Å². The van der Waals surface area contributed by atoms with Crippen LogP contribution in [0.1, 0.15) is 99.3 Å². The minimum atomic E-state index is -4.56. The fraction of sp³-hybridized carbons (Fsp3) is 0.420. The largest absolute Gasteiger partial charge is 0.456 e. The summed E-state index contributed by atoms with van der Waals surface area (Å²) >= 11 is 0. The summed E-state index contributed by atoms with van der Waals surface area (Å²) in [6.45, 7) is 18.0. The number of likely N-dealkylation sites (N-methyl/N-ethyl adjacent to an activating group) is 2. The van der Waals surface area contributed by atoms with Crippen LogP contribution in [0.3, 0.4) is 0 Å². The highest BCUT2D eigenvalue weighted by molar-refractivity contribution is 7.86. The van der Waals surface area contributed by atoms with Gasteiger partial charge in [0.1, 0.15) is 45.6 Å². The fourth-order valence-corrected chi connectivity index (χ4v) is 14.9. The maximum atomic E-state index is 13.2. The Morgan fingerprint density at radius 2 is 0.888 bits per heavy atom. The van der Waals surface area contributed by atoms with Gasteiger partial charge in [-0.25, -0.2) is 18.7 Å². The van der Waals surface area contributed by atoms with E-state index < -0.39 is 32.4 Å². The highest BCUT2D eigenvalue weighted by atomic mass is 32.2. The van der Waals surface area contributed by atoms with Gasteiger partial charge in [0.05, 0.1) is 12.1 Å². The van der Waals surface area contributed by atoms with E-state index in [9.17, 15) is 35.5 Å². The number of anilines is 2. The molecule has 0 atom stereocenters. The lowest BCUT2D eigenvalue weighted by Crippen LogP contribution is -2.40. The number of ether oxygens (including phenoxy) is 2. The molecule has 10 rings (SSSR count). The monoisotopic (exact) mass is 1250 g/mol. The van der Waals surface area contributed by atoms with Crippen molar-refractivity contribution in [3.8, 4) is 44.9 Å². The third-order valence-electron chi connectivity index (χ3n) is 18.2. The van der Waals surface area contributed by atoms with Gasteiger partial charge in [-0.3, -0.25) is 9.11 Å². The maximum Gasteiger partial charge on any atom is 0.407 e. The topological polar surface area (TPSA) is 224 Å². The van der Waals surface area contributed by atoms with Crippen LogP contribution in [0.5, 0.6) is 0 Å². The Morgan fingerprint density at radius 1 is 0.506 bits per heavy atom. The minimum Gasteiger partial charge on any atom is -0.456 e. The zero-order chi connectivity index (χ0) is 63.0. The Labute approximate surface area is 522 Å². The average molecular weight is 1250 g/mol. The van der Waals surface area contributed by atoms with Crippen LogP contribution in [0.15, 0.2) is 140 Å². The molecule has 20 heteroatoms. The highest BCUT2D eigenvalue weighted by Crippen LogP contribution is 2.45. The molecule has 0 aromatic heterocycles. The van der Waals surface area contributed by atoms with Crippen molar-refractivity contribution in [2.45, 2.75) is 121 Å². The number of carbonyl (C=O) groups is 2. The second-order valence-electron chi connectivity index (χ2n) is 23.4. The van der Waals surface area contributed by atoms with E-state index in [1.54, 1.807) is 36.4 Å². The molecule has 4 aliphatic carbocycles. The smallest absolute Gasteiger partial charge is 0.407 e. The average Bonchev–Trinajstić information content (AvgIpc) is 0.790. The molecule has 0 bridgehead atoms. The SMILES string of the molecule is CCN(CC)c1ccc2c(-c3ccccc3S(=O)(=O)O)c3ccc(=[N+](CC)CCOC(=O)NC4CCC(CC5CCC(NC(=O)OCC[N+](CC)=c6ccc7c(-c8ccccc8S(=O)(=O)O)c8ccc(N(CC)CC)cc8oc-7c6)CC5)CC4)cc-3oc2c1. The van der Waals surface area contributed by atoms with E-state index in [4.69, 9.17) is 18.3 Å². The maximum absolute atomic E-state index is 13.2. The van der Waals surface area contributed by atoms with Crippen LogP contribution in [-0.2, 0) is 29.7 Å². The number of benzene rings is 6. The van der Waals surface area contributed by atoms with Crippen molar-refractivity contribution in [3.05, 3.63) is 132 Å². The summed E-state index contributed by atoms with van der Waals surface area (Å²) in [6.07, 6.45) is 7.98. The van der Waals surface area contributed by atoms with Gasteiger partial charge < -0.3 is 38.7 Å². The van der Waals surface area contributed by atoms with Gasteiger partial charge >= 0.3 is 12.2 Å². The summed E-state index contributed by atoms with van der Waals surface area (Å²) in [7, 11) is -9.11. The van der Waals surface area contributed by atoms with E-state index in [1.807, 2.05) is 86.6 Å². The lowest BCUT2D eigenvalue weighted by atomic mass is 9.76. The molecule has 18 nitrogen and oxygen atoms in total. The van der Waals surface area contributed by atoms with Crippen molar-refractivity contribution >= 4 is 65.7 Å². The number of nitrogens with zero attached hydrogens (tertiary/aromatic N) is 4. The van der Waals surface area contributed by atoms with Crippen molar-refractivity contribution in [2.24, 2.45) is 11.8 Å². The summed E-state index contributed by atoms with van der Waals surface area (Å²) in [4.78, 5) is 30.4. The number of hydrogen-bond acceptors (Lipinski definition) is 12. The predicted octanol–water partition coefficient (Wildman–Crippen LogP) is 12.2. The van der Waals surface area contributed by atoms with Gasteiger partial charge in [-0.1, -0.05) is 36.4 Å². The van der Waals surface area contributed by atoms with E-state index in [-0.39, 0.29) is 35.1 Å². The van der Waals surface area contributed by atoms with Gasteiger partial charge in [-0.05, 0) is 160 Å². The summed E-state index contributed by atoms with van der Waals surface area (Å²) in [6, 6.07) is 36.4. The molecule has 472 valence electrons. The van der Waals surface area contributed by atoms with E-state index in [2.05, 4.69) is 57.3 Å². The molecule has 0 unspecified atom stereocenters. The van der Waals surface area contributed by atoms with Gasteiger partial charge in [-0.15, -0.1) is 0 Å². The molecule has 0 saturated heterocycles. The predicted molar refractivity (Wildman–Crippen MR) is 350 cm³/mol. The molecule has 0 radical (unpaired) electrons. The van der Waals surface area contributed by atoms with Crippen molar-refractivity contribution in [1.82, 2.24) is 19.8 Å². The molecular weight excluding hydrogens is 1170 g/mol. The molecule has 2 heterocycles. The van der Waals surface area contributed by atoms with Gasteiger partial charge in [0, 0.05) is 118 Å². The molecule has 4 N–H and O–H groups in total. The molecule has 2 amide bonds. The van der Waals surface area contributed by atoms with Crippen molar-refractivity contribution in [2.75, 3.05) is 75.4 Å². The minimum absolute atomic E-state index is 0.0470. The third-order valence-corrected chi connectivity index (χ3v) is 20.0. The zero-order valence-corrected chi connectivity index (χ0v) is 53.5. The first-order chi connectivity index (χ1) is 42.9. The first-order valence-corrected chi connectivity index (χ1v) is 34.5. The molecule has 2 saturated carbocycles. The number of rotatable bonds is 22. The number of hydrogen-bond donors (Lipinski definition) is 4. The number of amides is 2. The lowest BCUT2D eigenvalue weighted by molar-refractivity contribution is 0.132. The van der Waals surface area contributed by atoms with Crippen LogP contribution in [0, 0.1) is 11.8 Å². The molecule has 6 aliphatic rings. The Morgan fingerprint density at radius 3 is 1.25 bits per heavy atom. The van der Waals surface area contributed by atoms with Gasteiger partial charge in [-0.2, -0.15) is 16.8 Å². The Kier molecular flexibility index (Phi) is 20.5. The molecule has 4 aromatic carbocycles. The number of nitrogens with one attached hydrogen (secondary N) is 2. The zero-order valence-electron chi connectivity index (χ0n) is 51.9. The molecule has 2 aliphatic heterocycles. The molecule has 4 aromatic rings. The van der Waals surface area contributed by atoms with Crippen LogP contribution < -0.4 is 40.3 Å². The summed E-state index contributed by atoms with van der Waals surface area (Å²) in [5.41, 5.74) is 6.48. The van der Waals surface area contributed by atoms with Crippen LogP contribution in [0.4, 0.5) is 21.0 Å². The Bertz CT molecular complexity index is 3890. The van der Waals surface area contributed by atoms with E-state index in [0.29, 0.717) is 105 Å². The Balaban J connectivity index is 0.696. The molecule has 89 heavy (non-hydrogen) atoms. The van der Waals surface area contributed by atoms with E-state index in [1.165, 1.54) is 12.1 Å². The standard InChI is InChI=1S/C69H82N6O12S2/c1-7-72(8-2)50-29-33-54-60(42-50)86-62-44-52(31-35-56(62)66(54)58-17-13-15-19-64(58)88(78,79)80)74(11-5)37-39-84-68(76)70-48-25-21-46(22-26-48)41-47-23-27-49(28-24-47)71-69(77)85-40-38-75(12-6)53-32-36-57-63(45-53)87-61-43-51(73(9-3)10-4)30-34-55(61)67(57)59-18-14-16-20-65(59)89(81,82)83/h13-20,29-36,42-49H,7-12,21-28,37-41H2,1-6H3,(H2-2,70,71,76,77,78,79,80,81,82,83)/p+2. The van der Waals surface area contributed by atoms with Gasteiger partial charge in [0.25, 0.3) is 20.2 Å². The first-order valence-electron chi connectivity index (χ1n) is 31.6. The number of fused-ring (bicyclic) bond motifs is 4. The molecule has 2 fully saturated rings. The summed E-state index contributed by atoms with van der Waals surface area (Å²) < 4.78 is 100. The quantitative estimate of drug-likeness (QED) is 0.0281. The van der Waals surface area contributed by atoms with Crippen molar-refractivity contribution in [3.63, 3.8) is 0 Å². The van der Waals surface area contributed by atoms with E-state index >= 15 is 0 Å². The number of alkyl carbamates (subject to hydrolysis) is 2. The molecular formula is C69H84N6O12S2+2. The van der Waals surface area contributed by atoms with Crippen LogP contribution >= 0.6 is 0 Å². The lowest BCUT2D eigenvalue weighted by Gasteiger charge is -2.34. The Hall–Kier alpha value is -7.78. The first kappa shape index (κ1) is 64.2. The summed E-state index contributed by atoms with van der Waals surface area (Å²) in [5.74, 6) is 2.24. The van der Waals surface area contributed by atoms with Crippen molar-refractivity contribution < 1.29 is 53.8 Å².